The molecule has 0 aliphatic carbocycles. The highest BCUT2D eigenvalue weighted by Gasteiger charge is 2.13. The van der Waals surface area contributed by atoms with Gasteiger partial charge in [-0.3, -0.25) is 0 Å². The van der Waals surface area contributed by atoms with Crippen LogP contribution in [-0.2, 0) is 6.54 Å². The van der Waals surface area contributed by atoms with Gasteiger partial charge in [0.1, 0.15) is 5.75 Å². The molecule has 0 spiro atoms. The van der Waals surface area contributed by atoms with Crippen molar-refractivity contribution in [3.05, 3.63) is 95.6 Å². The van der Waals surface area contributed by atoms with E-state index in [-0.39, 0.29) is 5.56 Å². The van der Waals surface area contributed by atoms with Crippen molar-refractivity contribution in [2.75, 3.05) is 6.61 Å². The van der Waals surface area contributed by atoms with Crippen LogP contribution in [0.1, 0.15) is 34.8 Å². The topological polar surface area (TPSA) is 85.4 Å². The average Bonchev–Trinajstić information content (AvgIpc) is 2.83. The molecule has 5 nitrogen and oxygen atoms in total. The first-order valence-corrected chi connectivity index (χ1v) is 10.6. The fraction of sp³-hybridized carbons (Fsp3) is 0.185. The molecule has 1 heterocycles. The van der Waals surface area contributed by atoms with E-state index in [1.54, 1.807) is 12.1 Å². The molecule has 0 saturated carbocycles. The number of nitrogens with zero attached hydrogens (tertiary/aromatic N) is 1. The van der Waals surface area contributed by atoms with Gasteiger partial charge in [-0.05, 0) is 43.2 Å². The molecule has 1 aromatic heterocycles. The smallest absolute Gasteiger partial charge is 0.336 e. The molecule has 32 heavy (non-hydrogen) atoms. The first-order chi connectivity index (χ1) is 15.5. The van der Waals surface area contributed by atoms with Crippen molar-refractivity contribution in [1.82, 2.24) is 4.98 Å². The predicted octanol–water partition coefficient (Wildman–Crippen LogP) is 5.84. The van der Waals surface area contributed by atoms with Crippen LogP contribution in [0.2, 0.25) is 0 Å². The van der Waals surface area contributed by atoms with E-state index >= 15 is 0 Å². The summed E-state index contributed by atoms with van der Waals surface area (Å²) in [6, 6.07) is 24.7. The molecule has 0 amide bonds. The first-order valence-electron chi connectivity index (χ1n) is 10.6. The maximum absolute atomic E-state index is 11.6. The molecule has 164 valence electrons. The quantitative estimate of drug-likeness (QED) is 0.403. The molecule has 0 fully saturated rings. The van der Waals surface area contributed by atoms with E-state index < -0.39 is 5.97 Å². The van der Waals surface area contributed by atoms with Crippen molar-refractivity contribution in [2.24, 2.45) is 5.73 Å². The molecule has 3 N–H and O–H groups in total. The number of nitrogens with two attached hydrogens (primary N) is 1. The van der Waals surface area contributed by atoms with Gasteiger partial charge >= 0.3 is 5.97 Å². The van der Waals surface area contributed by atoms with Crippen LogP contribution in [-0.4, -0.2) is 22.7 Å². The number of carboxylic acid groups (broad SMARTS) is 1. The zero-order valence-corrected chi connectivity index (χ0v) is 18.4. The van der Waals surface area contributed by atoms with Gasteiger partial charge in [0.15, 0.2) is 0 Å². The van der Waals surface area contributed by atoms with Gasteiger partial charge in [-0.15, -0.1) is 0 Å². The fourth-order valence-electron chi connectivity index (χ4n) is 3.19. The molecule has 5 heteroatoms. The molecule has 0 unspecified atom stereocenters. The van der Waals surface area contributed by atoms with Crippen LogP contribution in [0.25, 0.3) is 22.2 Å². The van der Waals surface area contributed by atoms with Crippen LogP contribution in [0.4, 0.5) is 0 Å². The summed E-state index contributed by atoms with van der Waals surface area (Å²) in [4.78, 5) is 16.1. The standard InChI is InChI=1S/C19H17NO3.C8H11N/c1-2-10-23-14-7-5-6-13(11-14)18-12-16(19(21)22)15-8-3-4-9-17(15)20-18;1-7-2-4-8(6-9)5-3-7/h3-9,11-12H,2,10H2,1H3,(H,21,22);2-5H,6,9H2,1H3. The summed E-state index contributed by atoms with van der Waals surface area (Å²) < 4.78 is 5.64. The van der Waals surface area contributed by atoms with E-state index in [2.05, 4.69) is 36.2 Å². The number of aromatic nitrogens is 1. The third-order valence-electron chi connectivity index (χ3n) is 4.91. The van der Waals surface area contributed by atoms with E-state index in [4.69, 9.17) is 10.5 Å². The second kappa shape index (κ2) is 11.1. The molecule has 0 aliphatic rings. The lowest BCUT2D eigenvalue weighted by Gasteiger charge is -2.09. The second-order valence-electron chi connectivity index (χ2n) is 7.44. The minimum absolute atomic E-state index is 0.255. The molecule has 0 bridgehead atoms. The second-order valence-corrected chi connectivity index (χ2v) is 7.44. The van der Waals surface area contributed by atoms with Gasteiger partial charge in [0.2, 0.25) is 0 Å². The normalized spacial score (nSPS) is 10.3. The van der Waals surface area contributed by atoms with Crippen LogP contribution in [0.5, 0.6) is 5.75 Å². The number of rotatable bonds is 6. The number of fused-ring (bicyclic) bond motifs is 1. The lowest BCUT2D eigenvalue weighted by atomic mass is 10.0. The summed E-state index contributed by atoms with van der Waals surface area (Å²) in [5.74, 6) is -0.195. The molecule has 4 aromatic rings. The summed E-state index contributed by atoms with van der Waals surface area (Å²) in [5.41, 5.74) is 10.3. The van der Waals surface area contributed by atoms with Crippen molar-refractivity contribution >= 4 is 16.9 Å². The zero-order chi connectivity index (χ0) is 22.9. The summed E-state index contributed by atoms with van der Waals surface area (Å²) in [7, 11) is 0. The van der Waals surface area contributed by atoms with E-state index in [0.29, 0.717) is 29.7 Å². The number of hydrogen-bond donors (Lipinski definition) is 2. The molecular weight excluding hydrogens is 400 g/mol. The number of aromatic carboxylic acids is 1. The van der Waals surface area contributed by atoms with Gasteiger partial charge in [0.05, 0.1) is 23.4 Å². The Labute approximate surface area is 188 Å². The Morgan fingerprint density at radius 1 is 1.00 bits per heavy atom. The molecular formula is C27H28N2O3. The van der Waals surface area contributed by atoms with Gasteiger partial charge in [0.25, 0.3) is 0 Å². The van der Waals surface area contributed by atoms with Crippen molar-refractivity contribution in [2.45, 2.75) is 26.8 Å². The van der Waals surface area contributed by atoms with Crippen LogP contribution in [0.15, 0.2) is 78.9 Å². The Bertz CT molecular complexity index is 1190. The molecule has 0 saturated heterocycles. The number of ether oxygens (including phenoxy) is 1. The van der Waals surface area contributed by atoms with E-state index in [1.165, 1.54) is 11.1 Å². The number of carboxylic acids is 1. The highest BCUT2D eigenvalue weighted by molar-refractivity contribution is 6.03. The predicted molar refractivity (Wildman–Crippen MR) is 129 cm³/mol. The van der Waals surface area contributed by atoms with E-state index in [0.717, 1.165) is 17.7 Å². The Morgan fingerprint density at radius 3 is 2.44 bits per heavy atom. The van der Waals surface area contributed by atoms with Crippen molar-refractivity contribution in [3.63, 3.8) is 0 Å². The van der Waals surface area contributed by atoms with Gasteiger partial charge in [-0.1, -0.05) is 67.1 Å². The number of benzene rings is 3. The first kappa shape index (κ1) is 23.0. The minimum atomic E-state index is -0.955. The van der Waals surface area contributed by atoms with Crippen LogP contribution >= 0.6 is 0 Å². The molecule has 0 atom stereocenters. The van der Waals surface area contributed by atoms with Crippen molar-refractivity contribution in [1.29, 1.82) is 0 Å². The van der Waals surface area contributed by atoms with E-state index in [9.17, 15) is 9.90 Å². The maximum Gasteiger partial charge on any atom is 0.336 e. The Kier molecular flexibility index (Phi) is 7.95. The number of aryl methyl sites for hydroxylation is 1. The van der Waals surface area contributed by atoms with Crippen LogP contribution in [0.3, 0.4) is 0 Å². The highest BCUT2D eigenvalue weighted by atomic mass is 16.5. The number of hydrogen-bond acceptors (Lipinski definition) is 4. The van der Waals surface area contributed by atoms with E-state index in [1.807, 2.05) is 49.4 Å². The summed E-state index contributed by atoms with van der Waals surface area (Å²) in [6.07, 6.45) is 0.932. The molecule has 0 radical (unpaired) electrons. The monoisotopic (exact) mass is 428 g/mol. The molecule has 3 aromatic carbocycles. The third kappa shape index (κ3) is 5.93. The number of para-hydroxylation sites is 1. The van der Waals surface area contributed by atoms with Gasteiger partial charge in [0, 0.05) is 17.5 Å². The van der Waals surface area contributed by atoms with Crippen LogP contribution in [0, 0.1) is 6.92 Å². The molecule has 0 aliphatic heterocycles. The van der Waals surface area contributed by atoms with Crippen molar-refractivity contribution in [3.8, 4) is 17.0 Å². The average molecular weight is 429 g/mol. The Morgan fingerprint density at radius 2 is 1.75 bits per heavy atom. The third-order valence-corrected chi connectivity index (χ3v) is 4.91. The van der Waals surface area contributed by atoms with Crippen LogP contribution < -0.4 is 10.5 Å². The minimum Gasteiger partial charge on any atom is -0.494 e. The van der Waals surface area contributed by atoms with Gasteiger partial charge in [-0.2, -0.15) is 0 Å². The maximum atomic E-state index is 11.6. The van der Waals surface area contributed by atoms with Gasteiger partial charge in [-0.25, -0.2) is 9.78 Å². The summed E-state index contributed by atoms with van der Waals surface area (Å²) in [5, 5.41) is 10.1. The van der Waals surface area contributed by atoms with Crippen molar-refractivity contribution < 1.29 is 14.6 Å². The lowest BCUT2D eigenvalue weighted by molar-refractivity contribution is 0.0699. The largest absolute Gasteiger partial charge is 0.494 e. The lowest BCUT2D eigenvalue weighted by Crippen LogP contribution is -2.00. The van der Waals surface area contributed by atoms with Gasteiger partial charge < -0.3 is 15.6 Å². The summed E-state index contributed by atoms with van der Waals surface area (Å²) >= 11 is 0. The zero-order valence-electron chi connectivity index (χ0n) is 18.4. The SMILES string of the molecule is CCCOc1cccc(-c2cc(C(=O)O)c3ccccc3n2)c1.Cc1ccc(CN)cc1. The fourth-order valence-corrected chi connectivity index (χ4v) is 3.19. The number of carbonyl (C=O) groups is 1. The molecule has 4 rings (SSSR count). The number of pyridine rings is 1. The Balaban J connectivity index is 0.000000269. The highest BCUT2D eigenvalue weighted by Crippen LogP contribution is 2.27. The Hall–Kier alpha value is -3.70. The summed E-state index contributed by atoms with van der Waals surface area (Å²) in [6.45, 7) is 5.41.